The van der Waals surface area contributed by atoms with E-state index in [4.69, 9.17) is 0 Å². The molecule has 1 aromatic heterocycles. The first kappa shape index (κ1) is 37.1. The lowest BCUT2D eigenvalue weighted by atomic mass is 10.0. The van der Waals surface area contributed by atoms with Gasteiger partial charge in [0, 0.05) is 31.6 Å². The molecule has 0 aliphatic heterocycles. The molecule has 6 nitrogen and oxygen atoms in total. The number of quaternary nitrogens is 1. The topological polar surface area (TPSA) is 61.0 Å². The molecule has 0 radical (unpaired) electrons. The number of carbonyl (C=O) groups excluding carboxylic acids is 1. The van der Waals surface area contributed by atoms with E-state index >= 15 is 0 Å². The quantitative estimate of drug-likeness (QED) is 0.191. The summed E-state index contributed by atoms with van der Waals surface area (Å²) in [6.45, 7) is 17.0. The van der Waals surface area contributed by atoms with E-state index in [1.54, 1.807) is 0 Å². The van der Waals surface area contributed by atoms with E-state index in [0.29, 0.717) is 12.2 Å². The van der Waals surface area contributed by atoms with Gasteiger partial charge in [-0.15, -0.1) is 0 Å². The van der Waals surface area contributed by atoms with E-state index in [0.717, 1.165) is 28.5 Å². The summed E-state index contributed by atoms with van der Waals surface area (Å²) >= 11 is 0. The minimum absolute atomic E-state index is 0. The Kier molecular flexibility index (Phi) is 17.7. The number of unbranched alkanes of at least 4 members (excludes halogenated alkanes) is 4. The molecule has 7 heteroatoms. The molecule has 2 N–H and O–H groups in total. The highest BCUT2D eigenvalue weighted by Crippen LogP contribution is 2.28. The van der Waals surface area contributed by atoms with E-state index in [9.17, 15) is 4.79 Å². The van der Waals surface area contributed by atoms with Gasteiger partial charge in [-0.3, -0.25) is 9.89 Å². The largest absolute Gasteiger partial charge is 1.00 e. The summed E-state index contributed by atoms with van der Waals surface area (Å²) in [7, 11) is 4.06. The molecule has 236 valence electrons. The fourth-order valence-electron chi connectivity index (χ4n) is 5.31. The maximum atomic E-state index is 11.8. The monoisotopic (exact) mass is 583 g/mol. The van der Waals surface area contributed by atoms with E-state index in [2.05, 4.69) is 84.5 Å². The Morgan fingerprint density at radius 3 is 1.71 bits per heavy atom. The summed E-state index contributed by atoms with van der Waals surface area (Å²) in [4.78, 5) is 13.8. The SMILES string of the molecule is CCCC(=O)Nc1n[nH]c2cc(-c3ccc(N(C)C)cc3)ccc12.CCCC[N+](CCCC)(CCCC)CCCC.[F-]. The van der Waals surface area contributed by atoms with Crippen LogP contribution in [0.1, 0.15) is 98.8 Å². The van der Waals surface area contributed by atoms with Crippen LogP contribution >= 0.6 is 0 Å². The molecule has 0 saturated heterocycles. The van der Waals surface area contributed by atoms with Gasteiger partial charge in [0.05, 0.1) is 31.7 Å². The van der Waals surface area contributed by atoms with Crippen molar-refractivity contribution in [3.63, 3.8) is 0 Å². The molecule has 0 unspecified atom stereocenters. The summed E-state index contributed by atoms with van der Waals surface area (Å²) in [5.41, 5.74) is 4.34. The number of fused-ring (bicyclic) bond motifs is 1. The van der Waals surface area contributed by atoms with Gasteiger partial charge in [-0.25, -0.2) is 0 Å². The van der Waals surface area contributed by atoms with Gasteiger partial charge in [0.1, 0.15) is 0 Å². The van der Waals surface area contributed by atoms with E-state index in [-0.39, 0.29) is 10.6 Å². The second-order valence-corrected chi connectivity index (χ2v) is 11.7. The minimum atomic E-state index is -0.00532. The highest BCUT2D eigenvalue weighted by Gasteiger charge is 2.24. The molecule has 0 aliphatic rings. The first-order chi connectivity index (χ1) is 19.8. The molecule has 0 fully saturated rings. The lowest BCUT2D eigenvalue weighted by Crippen LogP contribution is -3.00. The average molecular weight is 584 g/mol. The molecule has 0 atom stereocenters. The maximum Gasteiger partial charge on any atom is 0.225 e. The highest BCUT2D eigenvalue weighted by atomic mass is 19.0. The van der Waals surface area contributed by atoms with Crippen molar-refractivity contribution in [1.29, 1.82) is 0 Å². The van der Waals surface area contributed by atoms with Crippen molar-refractivity contribution >= 4 is 28.3 Å². The third-order valence-corrected chi connectivity index (χ3v) is 7.96. The Morgan fingerprint density at radius 1 is 0.762 bits per heavy atom. The Morgan fingerprint density at radius 2 is 1.26 bits per heavy atom. The van der Waals surface area contributed by atoms with Gasteiger partial charge < -0.3 is 19.4 Å². The molecule has 3 aromatic rings. The van der Waals surface area contributed by atoms with Crippen LogP contribution in [-0.4, -0.2) is 60.9 Å². The standard InChI is InChI=1S/C19H22N4O.C16H36N.FH/c1-4-5-18(24)20-19-16-11-8-14(12-17(16)21-22-19)13-6-9-15(10-7-13)23(2)3;1-5-9-13-17(14-10-6-2,15-11-7-3)16-12-8-4;/h6-12H,4-5H2,1-3H3,(H2,20,21,22,24);5-16H2,1-4H3;1H/q;+1;/p-1. The predicted octanol–water partition coefficient (Wildman–Crippen LogP) is 6.04. The van der Waals surface area contributed by atoms with E-state index in [1.165, 1.54) is 87.7 Å². The van der Waals surface area contributed by atoms with Crippen LogP contribution in [0.15, 0.2) is 42.5 Å². The van der Waals surface area contributed by atoms with Crippen LogP contribution in [0.2, 0.25) is 0 Å². The van der Waals surface area contributed by atoms with Gasteiger partial charge in [0.15, 0.2) is 5.82 Å². The molecular formula is C35H58FN5O. The Hall–Kier alpha value is -2.93. The van der Waals surface area contributed by atoms with Crippen molar-refractivity contribution in [3.8, 4) is 11.1 Å². The number of H-pyrrole nitrogens is 1. The van der Waals surface area contributed by atoms with Crippen LogP contribution in [-0.2, 0) is 4.79 Å². The summed E-state index contributed by atoms with van der Waals surface area (Å²) in [5.74, 6) is 0.590. The van der Waals surface area contributed by atoms with Crippen molar-refractivity contribution in [2.45, 2.75) is 98.8 Å². The zero-order valence-corrected chi connectivity index (χ0v) is 27.6. The number of rotatable bonds is 17. The molecule has 0 spiro atoms. The van der Waals surface area contributed by atoms with Crippen LogP contribution in [0, 0.1) is 0 Å². The molecule has 1 heterocycles. The number of carbonyl (C=O) groups is 1. The number of hydrogen-bond acceptors (Lipinski definition) is 3. The number of amides is 1. The number of nitrogens with zero attached hydrogens (tertiary/aromatic N) is 3. The zero-order chi connectivity index (χ0) is 30.1. The number of anilines is 2. The van der Waals surface area contributed by atoms with Crippen LogP contribution in [0.4, 0.5) is 11.5 Å². The fraction of sp³-hybridized carbons (Fsp3) is 0.600. The number of benzene rings is 2. The number of nitrogens with one attached hydrogen (secondary N) is 2. The number of aromatic nitrogens is 2. The van der Waals surface area contributed by atoms with Crippen LogP contribution in [0.5, 0.6) is 0 Å². The van der Waals surface area contributed by atoms with Gasteiger partial charge in [0.2, 0.25) is 5.91 Å². The fourth-order valence-corrected chi connectivity index (χ4v) is 5.31. The molecule has 0 bridgehead atoms. The Bertz CT molecular complexity index is 1100. The molecule has 1 amide bonds. The summed E-state index contributed by atoms with van der Waals surface area (Å²) in [6.07, 6.45) is 12.4. The first-order valence-corrected chi connectivity index (χ1v) is 16.2. The zero-order valence-electron chi connectivity index (χ0n) is 27.6. The van der Waals surface area contributed by atoms with Gasteiger partial charge in [-0.1, -0.05) is 78.5 Å². The van der Waals surface area contributed by atoms with Crippen molar-refractivity contribution in [1.82, 2.24) is 10.2 Å². The second kappa shape index (κ2) is 20.1. The van der Waals surface area contributed by atoms with Crippen LogP contribution < -0.4 is 14.9 Å². The summed E-state index contributed by atoms with van der Waals surface area (Å²) in [5, 5.41) is 11.0. The maximum absolute atomic E-state index is 11.8. The smallest absolute Gasteiger partial charge is 0.225 e. The van der Waals surface area contributed by atoms with Crippen molar-refractivity contribution in [2.24, 2.45) is 0 Å². The average Bonchev–Trinajstić information content (AvgIpc) is 3.38. The second-order valence-electron chi connectivity index (χ2n) is 11.7. The predicted molar refractivity (Wildman–Crippen MR) is 179 cm³/mol. The summed E-state index contributed by atoms with van der Waals surface area (Å²) in [6, 6.07) is 14.5. The molecule has 42 heavy (non-hydrogen) atoms. The third-order valence-electron chi connectivity index (χ3n) is 7.96. The molecular weight excluding hydrogens is 525 g/mol. The van der Waals surface area contributed by atoms with Gasteiger partial charge in [-0.2, -0.15) is 5.10 Å². The van der Waals surface area contributed by atoms with Crippen molar-refractivity contribution in [2.75, 3.05) is 50.5 Å². The molecule has 0 aliphatic carbocycles. The lowest BCUT2D eigenvalue weighted by Gasteiger charge is -2.39. The van der Waals surface area contributed by atoms with E-state index < -0.39 is 0 Å². The molecule has 0 saturated carbocycles. The minimum Gasteiger partial charge on any atom is -1.00 e. The Balaban J connectivity index is 0.000000438. The molecule has 2 aromatic carbocycles. The number of aromatic amines is 1. The van der Waals surface area contributed by atoms with Crippen LogP contribution in [0.25, 0.3) is 22.0 Å². The number of hydrogen-bond donors (Lipinski definition) is 2. The van der Waals surface area contributed by atoms with Gasteiger partial charge in [0.25, 0.3) is 0 Å². The highest BCUT2D eigenvalue weighted by molar-refractivity contribution is 6.00. The van der Waals surface area contributed by atoms with Crippen LogP contribution in [0.3, 0.4) is 0 Å². The normalized spacial score (nSPS) is 11.0. The number of halogens is 1. The molecule has 3 rings (SSSR count). The Labute approximate surface area is 255 Å². The third kappa shape index (κ3) is 11.7. The van der Waals surface area contributed by atoms with Crippen molar-refractivity contribution in [3.05, 3.63) is 42.5 Å². The summed E-state index contributed by atoms with van der Waals surface area (Å²) < 4.78 is 1.42. The van der Waals surface area contributed by atoms with Gasteiger partial charge in [-0.05, 0) is 67.5 Å². The lowest BCUT2D eigenvalue weighted by molar-refractivity contribution is -0.929. The first-order valence-electron chi connectivity index (χ1n) is 16.2. The van der Waals surface area contributed by atoms with Gasteiger partial charge >= 0.3 is 0 Å². The van der Waals surface area contributed by atoms with Crippen molar-refractivity contribution < 1.29 is 14.0 Å². The van der Waals surface area contributed by atoms with E-state index in [1.807, 2.05) is 27.1 Å².